The molecule has 1 fully saturated rings. The fraction of sp³-hybridized carbons (Fsp3) is 0.611. The van der Waals surface area contributed by atoms with Crippen molar-refractivity contribution in [3.63, 3.8) is 0 Å². The van der Waals surface area contributed by atoms with Crippen molar-refractivity contribution in [1.82, 2.24) is 25.1 Å². The van der Waals surface area contributed by atoms with Crippen LogP contribution in [0.1, 0.15) is 34.6 Å². The predicted octanol–water partition coefficient (Wildman–Crippen LogP) is 2.35. The average molecular weight is 359 g/mol. The maximum absolute atomic E-state index is 4.77. The number of aromatic nitrogens is 4. The molecule has 7 heteroatoms. The van der Waals surface area contributed by atoms with Crippen LogP contribution < -0.4 is 4.90 Å². The number of piperazine rings is 1. The molecular formula is C18H26N6S. The number of aromatic amines is 1. The van der Waals surface area contributed by atoms with E-state index in [0.29, 0.717) is 0 Å². The zero-order valence-corrected chi connectivity index (χ0v) is 16.1. The van der Waals surface area contributed by atoms with Gasteiger partial charge in [-0.15, -0.1) is 0 Å². The van der Waals surface area contributed by atoms with Gasteiger partial charge in [0.2, 0.25) is 0 Å². The number of fused-ring (bicyclic) bond motifs is 1. The fourth-order valence-corrected chi connectivity index (χ4v) is 4.24. The topological polar surface area (TPSA) is 60.9 Å². The molecule has 2 aromatic heterocycles. The number of nitrogens with zero attached hydrogens (tertiary/aromatic N) is 5. The third-order valence-electron chi connectivity index (χ3n) is 5.46. The van der Waals surface area contributed by atoms with Gasteiger partial charge in [0.1, 0.15) is 5.82 Å². The molecule has 0 atom stereocenters. The second-order valence-corrected chi connectivity index (χ2v) is 7.76. The van der Waals surface area contributed by atoms with Crippen molar-refractivity contribution in [2.75, 3.05) is 37.3 Å². The third kappa shape index (κ3) is 3.27. The average Bonchev–Trinajstić information content (AvgIpc) is 3.23. The molecule has 0 aromatic carbocycles. The van der Waals surface area contributed by atoms with Gasteiger partial charge in [0.15, 0.2) is 5.16 Å². The van der Waals surface area contributed by atoms with Crippen LogP contribution in [0.5, 0.6) is 0 Å². The maximum atomic E-state index is 4.77. The van der Waals surface area contributed by atoms with Gasteiger partial charge in [-0.2, -0.15) is 5.10 Å². The molecule has 6 nitrogen and oxygen atoms in total. The SMILES string of the molecule is CSc1nc(C)c(C)c(N2CCN(Cc3n[nH]c4c3CCC4)CC2)n1. The Kier molecular flexibility index (Phi) is 4.69. The molecule has 4 rings (SSSR count). The minimum atomic E-state index is 0.868. The molecule has 0 amide bonds. The smallest absolute Gasteiger partial charge is 0.189 e. The lowest BCUT2D eigenvalue weighted by atomic mass is 10.1. The highest BCUT2D eigenvalue weighted by Gasteiger charge is 2.24. The van der Waals surface area contributed by atoms with Crippen LogP contribution in [0.25, 0.3) is 0 Å². The summed E-state index contributed by atoms with van der Waals surface area (Å²) in [4.78, 5) is 14.2. The summed E-state index contributed by atoms with van der Waals surface area (Å²) >= 11 is 1.61. The summed E-state index contributed by atoms with van der Waals surface area (Å²) in [5.74, 6) is 1.11. The summed E-state index contributed by atoms with van der Waals surface area (Å²) in [6.07, 6.45) is 5.67. The Morgan fingerprint density at radius 1 is 1.08 bits per heavy atom. The van der Waals surface area contributed by atoms with Crippen LogP contribution in [0.4, 0.5) is 5.82 Å². The summed E-state index contributed by atoms with van der Waals surface area (Å²) in [5.41, 5.74) is 6.40. The Morgan fingerprint density at radius 2 is 1.88 bits per heavy atom. The number of nitrogens with one attached hydrogen (secondary N) is 1. The Bertz CT molecular complexity index is 763. The molecular weight excluding hydrogens is 332 g/mol. The number of hydrogen-bond donors (Lipinski definition) is 1. The van der Waals surface area contributed by atoms with Gasteiger partial charge in [-0.05, 0) is 44.9 Å². The minimum Gasteiger partial charge on any atom is -0.354 e. The fourth-order valence-electron chi connectivity index (χ4n) is 3.84. The van der Waals surface area contributed by atoms with Crippen molar-refractivity contribution >= 4 is 17.6 Å². The largest absolute Gasteiger partial charge is 0.354 e. The summed E-state index contributed by atoms with van der Waals surface area (Å²) in [6, 6.07) is 0. The van der Waals surface area contributed by atoms with Crippen LogP contribution in [-0.4, -0.2) is 57.5 Å². The zero-order chi connectivity index (χ0) is 17.4. The maximum Gasteiger partial charge on any atom is 0.189 e. The van der Waals surface area contributed by atoms with Gasteiger partial charge in [0, 0.05) is 49.7 Å². The monoisotopic (exact) mass is 358 g/mol. The van der Waals surface area contributed by atoms with Crippen molar-refractivity contribution in [2.24, 2.45) is 0 Å². The van der Waals surface area contributed by atoms with Gasteiger partial charge in [0.05, 0.1) is 5.69 Å². The number of H-pyrrole nitrogens is 1. The van der Waals surface area contributed by atoms with E-state index in [1.807, 2.05) is 6.26 Å². The molecule has 134 valence electrons. The first-order valence-electron chi connectivity index (χ1n) is 9.07. The summed E-state index contributed by atoms with van der Waals surface area (Å²) in [5, 5.41) is 8.65. The van der Waals surface area contributed by atoms with Gasteiger partial charge < -0.3 is 4.90 Å². The van der Waals surface area contributed by atoms with E-state index in [1.54, 1.807) is 11.8 Å². The first-order chi connectivity index (χ1) is 12.2. The van der Waals surface area contributed by atoms with Crippen LogP contribution in [0, 0.1) is 13.8 Å². The Balaban J connectivity index is 1.42. The molecule has 25 heavy (non-hydrogen) atoms. The van der Waals surface area contributed by atoms with E-state index in [0.717, 1.165) is 49.4 Å². The highest BCUT2D eigenvalue weighted by atomic mass is 32.2. The van der Waals surface area contributed by atoms with E-state index in [9.17, 15) is 0 Å². The second-order valence-electron chi connectivity index (χ2n) is 6.99. The number of hydrogen-bond acceptors (Lipinski definition) is 6. The van der Waals surface area contributed by atoms with E-state index < -0.39 is 0 Å². The Morgan fingerprint density at radius 3 is 2.64 bits per heavy atom. The van der Waals surface area contributed by atoms with E-state index in [1.165, 1.54) is 41.8 Å². The van der Waals surface area contributed by atoms with Crippen molar-refractivity contribution in [3.8, 4) is 0 Å². The highest BCUT2D eigenvalue weighted by Crippen LogP contribution is 2.26. The van der Waals surface area contributed by atoms with Crippen molar-refractivity contribution < 1.29 is 0 Å². The van der Waals surface area contributed by atoms with Gasteiger partial charge in [-0.3, -0.25) is 10.00 Å². The summed E-state index contributed by atoms with van der Waals surface area (Å²) < 4.78 is 0. The standard InChI is InChI=1S/C18H26N6S/c1-12-13(2)19-18(25-3)20-17(12)24-9-7-23(8-10-24)11-16-14-5-4-6-15(14)21-22-16/h4-11H2,1-3H3,(H,21,22). The Hall–Kier alpha value is -1.60. The lowest BCUT2D eigenvalue weighted by Crippen LogP contribution is -2.46. The van der Waals surface area contributed by atoms with E-state index in [2.05, 4.69) is 38.8 Å². The normalized spacial score (nSPS) is 18.0. The van der Waals surface area contributed by atoms with Crippen LogP contribution >= 0.6 is 11.8 Å². The predicted molar refractivity (Wildman–Crippen MR) is 101 cm³/mol. The number of aryl methyl sites for hydroxylation is 2. The lowest BCUT2D eigenvalue weighted by molar-refractivity contribution is 0.245. The van der Waals surface area contributed by atoms with Crippen LogP contribution in [-0.2, 0) is 19.4 Å². The van der Waals surface area contributed by atoms with Crippen molar-refractivity contribution in [2.45, 2.75) is 44.8 Å². The summed E-state index contributed by atoms with van der Waals surface area (Å²) in [6.45, 7) is 9.31. The molecule has 0 saturated carbocycles. The first kappa shape index (κ1) is 16.8. The zero-order valence-electron chi connectivity index (χ0n) is 15.3. The number of thioether (sulfide) groups is 1. The molecule has 1 aliphatic carbocycles. The minimum absolute atomic E-state index is 0.868. The molecule has 0 bridgehead atoms. The molecule has 2 aromatic rings. The Labute approximate surface area is 153 Å². The number of rotatable bonds is 4. The van der Waals surface area contributed by atoms with Gasteiger partial charge in [-0.25, -0.2) is 9.97 Å². The van der Waals surface area contributed by atoms with Crippen LogP contribution in [0.15, 0.2) is 5.16 Å². The van der Waals surface area contributed by atoms with Crippen molar-refractivity contribution in [1.29, 1.82) is 0 Å². The first-order valence-corrected chi connectivity index (χ1v) is 10.3. The van der Waals surface area contributed by atoms with Gasteiger partial charge in [-0.1, -0.05) is 11.8 Å². The van der Waals surface area contributed by atoms with E-state index in [-0.39, 0.29) is 0 Å². The van der Waals surface area contributed by atoms with Crippen LogP contribution in [0.2, 0.25) is 0 Å². The molecule has 0 spiro atoms. The lowest BCUT2D eigenvalue weighted by Gasteiger charge is -2.36. The van der Waals surface area contributed by atoms with Crippen molar-refractivity contribution in [3.05, 3.63) is 28.2 Å². The quantitative estimate of drug-likeness (QED) is 0.669. The molecule has 0 radical (unpaired) electrons. The molecule has 1 N–H and O–H groups in total. The van der Waals surface area contributed by atoms with Crippen LogP contribution in [0.3, 0.4) is 0 Å². The third-order valence-corrected chi connectivity index (χ3v) is 6.01. The number of anilines is 1. The highest BCUT2D eigenvalue weighted by molar-refractivity contribution is 7.98. The summed E-state index contributed by atoms with van der Waals surface area (Å²) in [7, 11) is 0. The molecule has 3 heterocycles. The second kappa shape index (κ2) is 6.96. The molecule has 0 unspecified atom stereocenters. The molecule has 2 aliphatic rings. The van der Waals surface area contributed by atoms with Gasteiger partial charge in [0.25, 0.3) is 0 Å². The molecule has 1 saturated heterocycles. The molecule has 1 aliphatic heterocycles. The van der Waals surface area contributed by atoms with E-state index >= 15 is 0 Å². The van der Waals surface area contributed by atoms with E-state index in [4.69, 9.17) is 4.98 Å². The van der Waals surface area contributed by atoms with Gasteiger partial charge >= 0.3 is 0 Å².